The Kier molecular flexibility index (Phi) is 6.43. The van der Waals surface area contributed by atoms with Crippen molar-refractivity contribution in [3.8, 4) is 0 Å². The maximum absolute atomic E-state index is 12.5. The average molecular weight is 390 g/mol. The molecule has 0 saturated heterocycles. The Balaban J connectivity index is 1.58. The summed E-state index contributed by atoms with van der Waals surface area (Å²) in [5.41, 5.74) is 0.800. The zero-order chi connectivity index (χ0) is 18.4. The Hall–Kier alpha value is -2.16. The van der Waals surface area contributed by atoms with Crippen LogP contribution < -0.4 is 5.32 Å². The van der Waals surface area contributed by atoms with Gasteiger partial charge in [0.2, 0.25) is 5.89 Å². The molecule has 136 valence electrons. The summed E-state index contributed by atoms with van der Waals surface area (Å²) in [7, 11) is 1.52. The number of hydrogen-bond donors (Lipinski definition) is 1. The van der Waals surface area contributed by atoms with Crippen molar-refractivity contribution in [2.45, 2.75) is 29.4 Å². The number of ether oxygens (including phenoxy) is 1. The van der Waals surface area contributed by atoms with E-state index in [1.165, 1.54) is 18.4 Å². The van der Waals surface area contributed by atoms with Gasteiger partial charge in [0.15, 0.2) is 11.2 Å². The first-order valence-electron chi connectivity index (χ1n) is 8.10. The van der Waals surface area contributed by atoms with Crippen LogP contribution in [0.25, 0.3) is 0 Å². The molecule has 8 heteroatoms. The first-order valence-corrected chi connectivity index (χ1v) is 9.90. The first-order chi connectivity index (χ1) is 12.7. The van der Waals surface area contributed by atoms with Crippen molar-refractivity contribution in [1.82, 2.24) is 9.97 Å². The molecule has 6 nitrogen and oxygen atoms in total. The van der Waals surface area contributed by atoms with E-state index in [9.17, 15) is 4.79 Å². The monoisotopic (exact) mass is 389 g/mol. The lowest BCUT2D eigenvalue weighted by atomic mass is 10.1. The molecule has 0 radical (unpaired) electrons. The van der Waals surface area contributed by atoms with Crippen LogP contribution in [0, 0.1) is 0 Å². The number of anilines is 1. The maximum Gasteiger partial charge on any atom is 0.259 e. The Morgan fingerprint density at radius 2 is 2.12 bits per heavy atom. The van der Waals surface area contributed by atoms with Crippen LogP contribution in [0.1, 0.15) is 30.2 Å². The van der Waals surface area contributed by atoms with E-state index in [2.05, 4.69) is 15.3 Å². The summed E-state index contributed by atoms with van der Waals surface area (Å²) in [6.45, 7) is 2.03. The van der Waals surface area contributed by atoms with Crippen molar-refractivity contribution in [3.63, 3.8) is 0 Å². The Morgan fingerprint density at radius 1 is 1.31 bits per heavy atom. The highest BCUT2D eigenvalue weighted by atomic mass is 32.2. The Morgan fingerprint density at radius 3 is 2.81 bits per heavy atom. The minimum atomic E-state index is -0.670. The second kappa shape index (κ2) is 8.98. The number of carbonyl (C=O) groups is 1. The highest BCUT2D eigenvalue weighted by Crippen LogP contribution is 2.31. The van der Waals surface area contributed by atoms with E-state index in [-0.39, 0.29) is 5.91 Å². The van der Waals surface area contributed by atoms with Crippen molar-refractivity contribution < 1.29 is 13.9 Å². The fourth-order valence-electron chi connectivity index (χ4n) is 2.29. The van der Waals surface area contributed by atoms with Gasteiger partial charge in [0.05, 0.1) is 22.4 Å². The number of aryl methyl sites for hydroxylation is 1. The summed E-state index contributed by atoms with van der Waals surface area (Å²) in [6.07, 6.45) is 3.65. The number of thioether (sulfide) groups is 1. The van der Waals surface area contributed by atoms with E-state index in [0.717, 1.165) is 22.0 Å². The lowest BCUT2D eigenvalue weighted by molar-refractivity contribution is -0.126. The molecule has 3 rings (SSSR count). The molecule has 2 heterocycles. The summed E-state index contributed by atoms with van der Waals surface area (Å²) in [4.78, 5) is 21.0. The number of nitrogens with one attached hydrogen (secondary N) is 1. The summed E-state index contributed by atoms with van der Waals surface area (Å²) < 4.78 is 11.9. The van der Waals surface area contributed by atoms with Crippen LogP contribution >= 0.6 is 23.1 Å². The molecule has 0 unspecified atom stereocenters. The molecule has 0 aliphatic carbocycles. The van der Waals surface area contributed by atoms with Crippen LogP contribution in [0.4, 0.5) is 5.13 Å². The molecule has 2 aromatic heterocycles. The highest BCUT2D eigenvalue weighted by molar-refractivity contribution is 8.00. The number of aromatic nitrogens is 2. The van der Waals surface area contributed by atoms with Gasteiger partial charge in [-0.3, -0.25) is 10.1 Å². The number of methoxy groups -OCH3 is 1. The van der Waals surface area contributed by atoms with Crippen LogP contribution in [0.5, 0.6) is 0 Å². The standard InChI is InChI=1S/C18H19N3O3S2/c1-3-13-9-19-14(24-13)11-25-15-10-20-18(26-15)21-17(22)16(23-2)12-7-5-4-6-8-12/h4-10,16H,3,11H2,1-2H3,(H,20,21,22)/t16-/m0/s1. The zero-order valence-corrected chi connectivity index (χ0v) is 16.1. The summed E-state index contributed by atoms with van der Waals surface area (Å²) >= 11 is 2.98. The number of oxazole rings is 1. The van der Waals surface area contributed by atoms with Crippen LogP contribution in [0.15, 0.2) is 51.4 Å². The van der Waals surface area contributed by atoms with Gasteiger partial charge >= 0.3 is 0 Å². The van der Waals surface area contributed by atoms with E-state index in [0.29, 0.717) is 16.8 Å². The smallest absolute Gasteiger partial charge is 0.259 e. The fraction of sp³-hybridized carbons (Fsp3) is 0.278. The summed E-state index contributed by atoms with van der Waals surface area (Å²) in [5.74, 6) is 1.95. The number of thiazole rings is 1. The maximum atomic E-state index is 12.5. The summed E-state index contributed by atoms with van der Waals surface area (Å²) in [5, 5.41) is 3.35. The number of amides is 1. The first kappa shape index (κ1) is 18.6. The zero-order valence-electron chi connectivity index (χ0n) is 14.5. The Bertz CT molecular complexity index is 848. The lowest BCUT2D eigenvalue weighted by Crippen LogP contribution is -2.22. The topological polar surface area (TPSA) is 77.2 Å². The molecule has 0 saturated carbocycles. The van der Waals surface area contributed by atoms with Crippen molar-refractivity contribution >= 4 is 34.1 Å². The predicted octanol–water partition coefficient (Wildman–Crippen LogP) is 4.31. The third-order valence-electron chi connectivity index (χ3n) is 3.58. The third kappa shape index (κ3) is 4.72. The number of carbonyl (C=O) groups excluding carboxylic acids is 1. The van der Waals surface area contributed by atoms with E-state index < -0.39 is 6.10 Å². The highest BCUT2D eigenvalue weighted by Gasteiger charge is 2.21. The van der Waals surface area contributed by atoms with Crippen molar-refractivity contribution in [3.05, 3.63) is 59.9 Å². The van der Waals surface area contributed by atoms with Crippen LogP contribution in [-0.2, 0) is 21.7 Å². The van der Waals surface area contributed by atoms with E-state index in [1.54, 1.807) is 24.2 Å². The minimum absolute atomic E-state index is 0.245. The molecule has 26 heavy (non-hydrogen) atoms. The van der Waals surface area contributed by atoms with Crippen LogP contribution in [0.2, 0.25) is 0 Å². The molecule has 0 aliphatic rings. The van der Waals surface area contributed by atoms with Gasteiger partial charge in [-0.25, -0.2) is 9.97 Å². The quantitative estimate of drug-likeness (QED) is 0.579. The normalized spacial score (nSPS) is 12.1. The average Bonchev–Trinajstić information content (AvgIpc) is 3.30. The number of hydrogen-bond acceptors (Lipinski definition) is 7. The predicted molar refractivity (Wildman–Crippen MR) is 102 cm³/mol. The second-order valence-electron chi connectivity index (χ2n) is 5.36. The van der Waals surface area contributed by atoms with Crippen molar-refractivity contribution in [2.75, 3.05) is 12.4 Å². The molecule has 0 spiro atoms. The molecule has 3 aromatic rings. The molecule has 1 amide bonds. The van der Waals surface area contributed by atoms with Gasteiger partial charge in [0, 0.05) is 13.5 Å². The van der Waals surface area contributed by atoms with Gasteiger partial charge in [-0.1, -0.05) is 48.6 Å². The molecule has 0 aliphatic heterocycles. The molecule has 0 fully saturated rings. The second-order valence-corrected chi connectivity index (χ2v) is 7.67. The van der Waals surface area contributed by atoms with Crippen LogP contribution in [-0.4, -0.2) is 23.0 Å². The number of nitrogens with zero attached hydrogens (tertiary/aromatic N) is 2. The van der Waals surface area contributed by atoms with Crippen molar-refractivity contribution in [1.29, 1.82) is 0 Å². The van der Waals surface area contributed by atoms with Gasteiger partial charge in [-0.2, -0.15) is 0 Å². The van der Waals surface area contributed by atoms with Gasteiger partial charge in [-0.15, -0.1) is 11.8 Å². The molecule has 1 aromatic carbocycles. The molecular weight excluding hydrogens is 370 g/mol. The van der Waals surface area contributed by atoms with Crippen molar-refractivity contribution in [2.24, 2.45) is 0 Å². The minimum Gasteiger partial charge on any atom is -0.445 e. The largest absolute Gasteiger partial charge is 0.445 e. The number of rotatable bonds is 8. The summed E-state index contributed by atoms with van der Waals surface area (Å²) in [6, 6.07) is 9.37. The molecule has 1 atom stereocenters. The van der Waals surface area contributed by atoms with E-state index in [4.69, 9.17) is 9.15 Å². The molecular formula is C18H19N3O3S2. The van der Waals surface area contributed by atoms with Gasteiger partial charge in [0.25, 0.3) is 5.91 Å². The third-order valence-corrected chi connectivity index (χ3v) is 5.67. The fourth-order valence-corrected chi connectivity index (χ4v) is 4.02. The van der Waals surface area contributed by atoms with Gasteiger partial charge in [0.1, 0.15) is 5.76 Å². The van der Waals surface area contributed by atoms with E-state index >= 15 is 0 Å². The Labute approximate surface area is 160 Å². The van der Waals surface area contributed by atoms with Crippen LogP contribution in [0.3, 0.4) is 0 Å². The van der Waals surface area contributed by atoms with Gasteiger partial charge in [-0.05, 0) is 5.56 Å². The lowest BCUT2D eigenvalue weighted by Gasteiger charge is -2.14. The SMILES string of the molecule is CCc1cnc(CSc2cnc(NC(=O)[C@@H](OC)c3ccccc3)s2)o1. The van der Waals surface area contributed by atoms with Gasteiger partial charge < -0.3 is 9.15 Å². The molecule has 0 bridgehead atoms. The molecule has 1 N–H and O–H groups in total. The van der Waals surface area contributed by atoms with E-state index in [1.807, 2.05) is 37.3 Å². The number of benzene rings is 1.